The van der Waals surface area contributed by atoms with Crippen molar-refractivity contribution in [2.75, 3.05) is 6.54 Å². The fourth-order valence-electron chi connectivity index (χ4n) is 2.43. The van der Waals surface area contributed by atoms with Crippen LogP contribution in [0.15, 0.2) is 56.1 Å². The first-order valence-electron chi connectivity index (χ1n) is 9.13. The zero-order valence-electron chi connectivity index (χ0n) is 17.1. The molecule has 31 heavy (non-hydrogen) atoms. The Bertz CT molecular complexity index is 1080. The van der Waals surface area contributed by atoms with E-state index in [4.69, 9.17) is 4.74 Å². The van der Waals surface area contributed by atoms with Gasteiger partial charge < -0.3 is 14.6 Å². The largest absolute Gasteiger partial charge is 0.444 e. The molecule has 1 heterocycles. The quantitative estimate of drug-likeness (QED) is 0.267. The second-order valence-corrected chi connectivity index (χ2v) is 10.0. The maximum absolute atomic E-state index is 11.5. The molecule has 0 aliphatic heterocycles. The van der Waals surface area contributed by atoms with Crippen LogP contribution < -0.4 is 5.32 Å². The molecule has 1 amide bonds. The van der Waals surface area contributed by atoms with Gasteiger partial charge in [0.15, 0.2) is 0 Å². The number of carbonyl (C=O) groups excluding carboxylic acids is 1. The Kier molecular flexibility index (Phi) is 9.01. The number of hydrogen-bond donors (Lipinski definition) is 1. The highest BCUT2D eigenvalue weighted by atomic mass is 79.9. The lowest BCUT2D eigenvalue weighted by Crippen LogP contribution is -2.34. The van der Waals surface area contributed by atoms with Crippen LogP contribution in [0.5, 0.6) is 0 Å². The van der Waals surface area contributed by atoms with Gasteiger partial charge in [-0.15, -0.1) is 0 Å². The highest BCUT2D eigenvalue weighted by molar-refractivity contribution is 9.11. The molecule has 11 heteroatoms. The lowest BCUT2D eigenvalue weighted by atomic mass is 10.2. The summed E-state index contributed by atoms with van der Waals surface area (Å²) >= 11 is 9.63. The monoisotopic (exact) mass is 618 g/mol. The van der Waals surface area contributed by atoms with E-state index >= 15 is 0 Å². The first kappa shape index (κ1) is 25.3. The smallest absolute Gasteiger partial charge is 0.407 e. The van der Waals surface area contributed by atoms with Crippen molar-refractivity contribution >= 4 is 70.6 Å². The summed E-state index contributed by atoms with van der Waals surface area (Å²) < 4.78 is 9.37. The van der Waals surface area contributed by atoms with Gasteiger partial charge in [0.2, 0.25) is 0 Å². The third kappa shape index (κ3) is 8.23. The highest BCUT2D eigenvalue weighted by Crippen LogP contribution is 2.27. The molecule has 1 aromatic heterocycles. The van der Waals surface area contributed by atoms with Crippen LogP contribution in [-0.2, 0) is 11.3 Å². The van der Waals surface area contributed by atoms with E-state index in [2.05, 4.69) is 58.1 Å². The van der Waals surface area contributed by atoms with Crippen LogP contribution in [0.4, 0.5) is 10.5 Å². The Labute approximate surface area is 204 Å². The molecule has 0 bridgehead atoms. The normalized spacial score (nSPS) is 10.9. The lowest BCUT2D eigenvalue weighted by molar-refractivity contribution is -0.385. The van der Waals surface area contributed by atoms with Gasteiger partial charge in [0.05, 0.1) is 26.8 Å². The predicted molar refractivity (Wildman–Crippen MR) is 130 cm³/mol. The molecule has 0 atom stereocenters. The summed E-state index contributed by atoms with van der Waals surface area (Å²) in [6.45, 7) is 6.67. The number of alkyl carbamates (subject to hydrolysis) is 1. The van der Waals surface area contributed by atoms with Crippen molar-refractivity contribution in [3.05, 3.63) is 66.3 Å². The Morgan fingerprint density at radius 3 is 2.42 bits per heavy atom. The van der Waals surface area contributed by atoms with Crippen molar-refractivity contribution < 1.29 is 14.5 Å². The summed E-state index contributed by atoms with van der Waals surface area (Å²) in [5, 5.41) is 13.1. The number of carbonyl (C=O) groups is 1. The summed E-state index contributed by atoms with van der Waals surface area (Å²) in [6, 6.07) is 10.7. The van der Waals surface area contributed by atoms with E-state index in [1.165, 1.54) is 6.07 Å². The molecule has 0 saturated carbocycles. The zero-order chi connectivity index (χ0) is 23.2. The van der Waals surface area contributed by atoms with Crippen LogP contribution in [0.25, 0.3) is 11.0 Å². The van der Waals surface area contributed by atoms with E-state index in [0.717, 1.165) is 15.5 Å². The second kappa shape index (κ2) is 11.1. The number of fused-ring (bicyclic) bond motifs is 1. The van der Waals surface area contributed by atoms with Gasteiger partial charge in [-0.3, -0.25) is 10.1 Å². The molecular formula is C20H21Br3N4O4. The molecule has 3 aromatic rings. The summed E-state index contributed by atoms with van der Waals surface area (Å²) in [7, 11) is 0. The summed E-state index contributed by atoms with van der Waals surface area (Å²) in [6.07, 6.45) is 1.37. The molecule has 166 valence electrons. The maximum atomic E-state index is 11.5. The van der Waals surface area contributed by atoms with Crippen LogP contribution in [0.1, 0.15) is 20.8 Å². The summed E-state index contributed by atoms with van der Waals surface area (Å²) in [5.74, 6) is 0. The van der Waals surface area contributed by atoms with Crippen LogP contribution in [0.2, 0.25) is 0 Å². The van der Waals surface area contributed by atoms with Crippen LogP contribution in [0.3, 0.4) is 0 Å². The van der Waals surface area contributed by atoms with Crippen molar-refractivity contribution in [2.24, 2.45) is 0 Å². The Hall–Kier alpha value is -1.98. The Balaban J connectivity index is 0.000000262. The standard InChI is InChI=1S/C14H18BrN3O2.C6H3Br2NO2/c1-14(2,3)20-13(19)16-6-7-18-9-17-11-8-10(15)4-5-12(11)18;7-4-1-2-5(8)6(3-4)9(10)11/h4-5,8-9H,6-7H2,1-3H3,(H,16,19);1-3H. The molecule has 8 nitrogen and oxygen atoms in total. The summed E-state index contributed by atoms with van der Waals surface area (Å²) in [4.78, 5) is 25.7. The maximum Gasteiger partial charge on any atom is 0.407 e. The first-order valence-corrected chi connectivity index (χ1v) is 11.5. The number of imidazole rings is 1. The molecule has 3 rings (SSSR count). The molecule has 0 spiro atoms. The van der Waals surface area contributed by atoms with Crippen LogP contribution in [-0.4, -0.2) is 32.7 Å². The van der Waals surface area contributed by atoms with Gasteiger partial charge in [-0.25, -0.2) is 9.78 Å². The molecule has 0 aliphatic rings. The van der Waals surface area contributed by atoms with Crippen LogP contribution >= 0.6 is 47.8 Å². The number of ether oxygens (including phenoxy) is 1. The topological polar surface area (TPSA) is 99.3 Å². The molecule has 0 fully saturated rings. The highest BCUT2D eigenvalue weighted by Gasteiger charge is 2.15. The number of nitro benzene ring substituents is 1. The number of hydrogen-bond acceptors (Lipinski definition) is 5. The molecular weight excluding hydrogens is 600 g/mol. The van der Waals surface area contributed by atoms with E-state index in [9.17, 15) is 14.9 Å². The van der Waals surface area contributed by atoms with Crippen molar-refractivity contribution in [1.82, 2.24) is 14.9 Å². The Morgan fingerprint density at radius 2 is 1.81 bits per heavy atom. The minimum Gasteiger partial charge on any atom is -0.444 e. The van der Waals surface area contributed by atoms with E-state index < -0.39 is 16.6 Å². The number of aromatic nitrogens is 2. The number of benzene rings is 2. The van der Waals surface area contributed by atoms with Gasteiger partial charge in [-0.2, -0.15) is 0 Å². The third-order valence-corrected chi connectivity index (χ3v) is 5.37. The molecule has 0 radical (unpaired) electrons. The average Bonchev–Trinajstić information content (AvgIpc) is 3.04. The van der Waals surface area contributed by atoms with E-state index in [0.29, 0.717) is 22.0 Å². The van der Waals surface area contributed by atoms with Crippen molar-refractivity contribution in [2.45, 2.75) is 32.9 Å². The van der Waals surface area contributed by atoms with Gasteiger partial charge in [0.25, 0.3) is 5.69 Å². The first-order chi connectivity index (χ1) is 14.5. The predicted octanol–water partition coefficient (Wildman–Crippen LogP) is 6.44. The number of nitrogens with one attached hydrogen (secondary N) is 1. The molecule has 0 unspecified atom stereocenters. The van der Waals surface area contributed by atoms with Gasteiger partial charge in [-0.1, -0.05) is 31.9 Å². The SMILES string of the molecule is CC(C)(C)OC(=O)NCCn1cnc2cc(Br)ccc21.O=[N+]([O-])c1cc(Br)ccc1Br. The van der Waals surface area contributed by atoms with Crippen molar-refractivity contribution in [3.8, 4) is 0 Å². The minimum atomic E-state index is -0.474. The number of amides is 1. The third-order valence-electron chi connectivity index (χ3n) is 3.71. The fraction of sp³-hybridized carbons (Fsp3) is 0.300. The Morgan fingerprint density at radius 1 is 1.16 bits per heavy atom. The molecule has 0 aliphatic carbocycles. The summed E-state index contributed by atoms with van der Waals surface area (Å²) in [5.41, 5.74) is 1.56. The van der Waals surface area contributed by atoms with Gasteiger partial charge >= 0.3 is 6.09 Å². The number of nitro groups is 1. The molecule has 0 saturated heterocycles. The minimum absolute atomic E-state index is 0.0689. The van der Waals surface area contributed by atoms with E-state index in [1.807, 2.05) is 43.5 Å². The average molecular weight is 621 g/mol. The zero-order valence-corrected chi connectivity index (χ0v) is 21.8. The van der Waals surface area contributed by atoms with Gasteiger partial charge in [-0.05, 0) is 67.0 Å². The van der Waals surface area contributed by atoms with Crippen molar-refractivity contribution in [3.63, 3.8) is 0 Å². The lowest BCUT2D eigenvalue weighted by Gasteiger charge is -2.19. The fourth-order valence-corrected chi connectivity index (χ4v) is 3.52. The second-order valence-electron chi connectivity index (χ2n) is 7.35. The van der Waals surface area contributed by atoms with Gasteiger partial charge in [0.1, 0.15) is 5.60 Å². The van der Waals surface area contributed by atoms with Gasteiger partial charge in [0, 0.05) is 28.1 Å². The molecule has 2 aromatic carbocycles. The van der Waals surface area contributed by atoms with Crippen molar-refractivity contribution in [1.29, 1.82) is 0 Å². The number of nitrogens with zero attached hydrogens (tertiary/aromatic N) is 3. The van der Waals surface area contributed by atoms with E-state index in [-0.39, 0.29) is 5.69 Å². The number of rotatable bonds is 4. The van der Waals surface area contributed by atoms with Crippen LogP contribution in [0, 0.1) is 10.1 Å². The number of halogens is 3. The molecule has 1 N–H and O–H groups in total. The van der Waals surface area contributed by atoms with E-state index in [1.54, 1.807) is 18.5 Å².